The molecule has 0 aliphatic carbocycles. The number of nitrogens with one attached hydrogen (secondary N) is 1. The Morgan fingerprint density at radius 3 is 2.94 bits per heavy atom. The van der Waals surface area contributed by atoms with Crippen molar-refractivity contribution >= 4 is 33.3 Å². The van der Waals surface area contributed by atoms with E-state index in [4.69, 9.17) is 16.3 Å². The molecule has 17 heavy (non-hydrogen) atoms. The van der Waals surface area contributed by atoms with Crippen molar-refractivity contribution in [2.24, 2.45) is 5.92 Å². The van der Waals surface area contributed by atoms with E-state index in [2.05, 4.69) is 40.1 Å². The maximum atomic E-state index is 5.81. The Morgan fingerprint density at radius 1 is 1.53 bits per heavy atom. The summed E-state index contributed by atoms with van der Waals surface area (Å²) >= 11 is 9.22. The standard InChI is InChI=1S/C12H18BrClN2O/c1-9(2)8-17-5-3-4-15-12-11(13)6-10(14)7-16-12/h6-7,9H,3-5,8H2,1-2H3,(H,15,16). The van der Waals surface area contributed by atoms with Crippen molar-refractivity contribution in [2.75, 3.05) is 25.1 Å². The monoisotopic (exact) mass is 320 g/mol. The van der Waals surface area contributed by atoms with Crippen molar-refractivity contribution in [1.82, 2.24) is 4.98 Å². The number of nitrogens with zero attached hydrogens (tertiary/aromatic N) is 1. The highest BCUT2D eigenvalue weighted by Crippen LogP contribution is 2.22. The second-order valence-electron chi connectivity index (χ2n) is 4.23. The topological polar surface area (TPSA) is 34.1 Å². The van der Waals surface area contributed by atoms with Gasteiger partial charge in [0, 0.05) is 26.0 Å². The summed E-state index contributed by atoms with van der Waals surface area (Å²) in [4.78, 5) is 4.19. The molecule has 1 N–H and O–H groups in total. The molecule has 0 amide bonds. The third kappa shape index (κ3) is 6.24. The lowest BCUT2D eigenvalue weighted by Gasteiger charge is -2.09. The van der Waals surface area contributed by atoms with E-state index in [9.17, 15) is 0 Å². The Labute approximate surface area is 116 Å². The molecule has 1 aromatic heterocycles. The van der Waals surface area contributed by atoms with Gasteiger partial charge in [0.25, 0.3) is 0 Å². The molecule has 3 nitrogen and oxygen atoms in total. The summed E-state index contributed by atoms with van der Waals surface area (Å²) in [6.45, 7) is 6.73. The molecule has 0 aromatic carbocycles. The Balaban J connectivity index is 2.18. The highest BCUT2D eigenvalue weighted by molar-refractivity contribution is 9.10. The number of anilines is 1. The summed E-state index contributed by atoms with van der Waals surface area (Å²) in [5, 5.41) is 3.86. The molecule has 0 radical (unpaired) electrons. The van der Waals surface area contributed by atoms with Gasteiger partial charge in [-0.2, -0.15) is 0 Å². The van der Waals surface area contributed by atoms with Gasteiger partial charge in [0.2, 0.25) is 0 Å². The maximum absolute atomic E-state index is 5.81. The van der Waals surface area contributed by atoms with Crippen LogP contribution in [0.1, 0.15) is 20.3 Å². The van der Waals surface area contributed by atoms with Crippen LogP contribution in [0.5, 0.6) is 0 Å². The van der Waals surface area contributed by atoms with E-state index in [0.717, 1.165) is 36.5 Å². The van der Waals surface area contributed by atoms with Crippen molar-refractivity contribution in [1.29, 1.82) is 0 Å². The van der Waals surface area contributed by atoms with Gasteiger partial charge in [0.1, 0.15) is 5.82 Å². The molecular weight excluding hydrogens is 304 g/mol. The number of pyridine rings is 1. The van der Waals surface area contributed by atoms with Gasteiger partial charge in [0.15, 0.2) is 0 Å². The predicted octanol–water partition coefficient (Wildman–Crippen LogP) is 3.97. The minimum atomic E-state index is 0.593. The van der Waals surface area contributed by atoms with Gasteiger partial charge in [-0.1, -0.05) is 25.4 Å². The highest BCUT2D eigenvalue weighted by Gasteiger charge is 2.01. The summed E-state index contributed by atoms with van der Waals surface area (Å²) in [5.41, 5.74) is 0. The number of hydrogen-bond acceptors (Lipinski definition) is 3. The maximum Gasteiger partial charge on any atom is 0.140 e. The Hall–Kier alpha value is -0.320. The largest absolute Gasteiger partial charge is 0.381 e. The number of hydrogen-bond donors (Lipinski definition) is 1. The molecule has 0 unspecified atom stereocenters. The summed E-state index contributed by atoms with van der Waals surface area (Å²) in [7, 11) is 0. The molecule has 0 saturated heterocycles. The quantitative estimate of drug-likeness (QED) is 0.772. The zero-order valence-electron chi connectivity index (χ0n) is 10.2. The van der Waals surface area contributed by atoms with Gasteiger partial charge >= 0.3 is 0 Å². The van der Waals surface area contributed by atoms with Crippen LogP contribution in [0.15, 0.2) is 16.7 Å². The lowest BCUT2D eigenvalue weighted by atomic mass is 10.2. The molecule has 0 aliphatic rings. The van der Waals surface area contributed by atoms with Crippen molar-refractivity contribution < 1.29 is 4.74 Å². The van der Waals surface area contributed by atoms with E-state index >= 15 is 0 Å². The van der Waals surface area contributed by atoms with E-state index in [1.54, 1.807) is 6.20 Å². The second-order valence-corrected chi connectivity index (χ2v) is 5.52. The van der Waals surface area contributed by atoms with E-state index < -0.39 is 0 Å². The van der Waals surface area contributed by atoms with Gasteiger partial charge in [0.05, 0.1) is 9.50 Å². The Morgan fingerprint density at radius 2 is 2.29 bits per heavy atom. The number of ether oxygens (including phenoxy) is 1. The van der Waals surface area contributed by atoms with Crippen LogP contribution in [-0.4, -0.2) is 24.7 Å². The van der Waals surface area contributed by atoms with Gasteiger partial charge < -0.3 is 10.1 Å². The molecule has 0 fully saturated rings. The molecule has 1 aromatic rings. The lowest BCUT2D eigenvalue weighted by Crippen LogP contribution is -2.09. The molecule has 0 aliphatic heterocycles. The molecule has 0 spiro atoms. The van der Waals surface area contributed by atoms with Crippen LogP contribution in [0.4, 0.5) is 5.82 Å². The van der Waals surface area contributed by atoms with E-state index in [1.165, 1.54) is 0 Å². The van der Waals surface area contributed by atoms with E-state index in [-0.39, 0.29) is 0 Å². The summed E-state index contributed by atoms with van der Waals surface area (Å²) in [5.74, 6) is 1.41. The first-order valence-corrected chi connectivity index (χ1v) is 6.89. The van der Waals surface area contributed by atoms with Crippen molar-refractivity contribution in [3.63, 3.8) is 0 Å². The van der Waals surface area contributed by atoms with Crippen LogP contribution in [0.2, 0.25) is 5.02 Å². The van der Waals surface area contributed by atoms with E-state index in [1.807, 2.05) is 6.07 Å². The molecule has 1 heterocycles. The van der Waals surface area contributed by atoms with Crippen molar-refractivity contribution in [3.05, 3.63) is 21.8 Å². The van der Waals surface area contributed by atoms with Crippen LogP contribution in [0.3, 0.4) is 0 Å². The number of halogens is 2. The first-order chi connectivity index (χ1) is 8.09. The third-order valence-corrected chi connectivity index (χ3v) is 2.83. The van der Waals surface area contributed by atoms with Gasteiger partial charge in [-0.15, -0.1) is 0 Å². The molecule has 96 valence electrons. The summed E-state index contributed by atoms with van der Waals surface area (Å²) < 4.78 is 6.37. The normalized spacial score (nSPS) is 10.9. The van der Waals surface area contributed by atoms with Gasteiger partial charge in [-0.3, -0.25) is 0 Å². The molecule has 5 heteroatoms. The van der Waals surface area contributed by atoms with Crippen molar-refractivity contribution in [3.8, 4) is 0 Å². The fraction of sp³-hybridized carbons (Fsp3) is 0.583. The van der Waals surface area contributed by atoms with E-state index in [0.29, 0.717) is 10.9 Å². The fourth-order valence-corrected chi connectivity index (χ4v) is 2.02. The first kappa shape index (κ1) is 14.7. The van der Waals surface area contributed by atoms with Gasteiger partial charge in [-0.05, 0) is 34.3 Å². The van der Waals surface area contributed by atoms with Crippen LogP contribution in [-0.2, 0) is 4.74 Å². The van der Waals surface area contributed by atoms with Crippen LogP contribution < -0.4 is 5.32 Å². The minimum Gasteiger partial charge on any atom is -0.381 e. The third-order valence-electron chi connectivity index (χ3n) is 2.02. The molecule has 1 rings (SSSR count). The summed E-state index contributed by atoms with van der Waals surface area (Å²) in [6, 6.07) is 1.83. The van der Waals surface area contributed by atoms with Crippen LogP contribution in [0.25, 0.3) is 0 Å². The van der Waals surface area contributed by atoms with Crippen LogP contribution in [0, 0.1) is 5.92 Å². The average Bonchev–Trinajstić information content (AvgIpc) is 2.25. The molecule has 0 bridgehead atoms. The lowest BCUT2D eigenvalue weighted by molar-refractivity contribution is 0.110. The minimum absolute atomic E-state index is 0.593. The number of aromatic nitrogens is 1. The van der Waals surface area contributed by atoms with Gasteiger partial charge in [-0.25, -0.2) is 4.98 Å². The second kappa shape index (κ2) is 7.90. The molecular formula is C12H18BrClN2O. The highest BCUT2D eigenvalue weighted by atomic mass is 79.9. The zero-order chi connectivity index (χ0) is 12.7. The Bertz CT molecular complexity index is 347. The zero-order valence-corrected chi connectivity index (χ0v) is 12.5. The van der Waals surface area contributed by atoms with Crippen LogP contribution >= 0.6 is 27.5 Å². The predicted molar refractivity (Wildman–Crippen MR) is 75.7 cm³/mol. The average molecular weight is 322 g/mol. The SMILES string of the molecule is CC(C)COCCCNc1ncc(Cl)cc1Br. The Kier molecular flexibility index (Phi) is 6.85. The first-order valence-electron chi connectivity index (χ1n) is 5.72. The number of rotatable bonds is 7. The fourth-order valence-electron chi connectivity index (χ4n) is 1.24. The van der Waals surface area contributed by atoms with Crippen molar-refractivity contribution in [2.45, 2.75) is 20.3 Å². The smallest absolute Gasteiger partial charge is 0.140 e. The molecule has 0 atom stereocenters. The summed E-state index contributed by atoms with van der Waals surface area (Å²) in [6.07, 6.45) is 2.59. The molecule has 0 saturated carbocycles.